The molecule has 0 aromatic carbocycles. The highest BCUT2D eigenvalue weighted by molar-refractivity contribution is 7.90. The van der Waals surface area contributed by atoms with E-state index in [1.165, 1.54) is 4.90 Å². The molecule has 0 saturated carbocycles. The fourth-order valence-electron chi connectivity index (χ4n) is 1.95. The van der Waals surface area contributed by atoms with Gasteiger partial charge in [-0.15, -0.1) is 0 Å². The summed E-state index contributed by atoms with van der Waals surface area (Å²) >= 11 is 0. The molecule has 1 atom stereocenters. The van der Waals surface area contributed by atoms with Gasteiger partial charge in [0.15, 0.2) is 0 Å². The van der Waals surface area contributed by atoms with Gasteiger partial charge in [-0.2, -0.15) is 0 Å². The number of hydrogen-bond donors (Lipinski definition) is 2. The Hall–Kier alpha value is -1.15. The van der Waals surface area contributed by atoms with Gasteiger partial charge in [0.1, 0.15) is 15.4 Å². The summed E-state index contributed by atoms with van der Waals surface area (Å²) in [5, 5.41) is 2.68. The second kappa shape index (κ2) is 5.46. The smallest absolute Gasteiger partial charge is 0.245 e. The predicted molar refractivity (Wildman–Crippen MR) is 71.1 cm³/mol. The zero-order valence-electron chi connectivity index (χ0n) is 11.5. The SMILES string of the molecule is CC1(C)C(=O)NCCN1C(=O)C(N)CCS(C)(=O)=O. The Bertz CT molecular complexity index is 472. The molecule has 7 nitrogen and oxygen atoms in total. The van der Waals surface area contributed by atoms with Crippen LogP contribution in [0.2, 0.25) is 0 Å². The summed E-state index contributed by atoms with van der Waals surface area (Å²) in [7, 11) is -3.15. The molecule has 3 N–H and O–H groups in total. The van der Waals surface area contributed by atoms with Crippen LogP contribution in [0, 0.1) is 0 Å². The largest absolute Gasteiger partial charge is 0.352 e. The van der Waals surface area contributed by atoms with Crippen molar-refractivity contribution in [3.63, 3.8) is 0 Å². The average molecular weight is 291 g/mol. The van der Waals surface area contributed by atoms with E-state index in [0.717, 1.165) is 6.26 Å². The summed E-state index contributed by atoms with van der Waals surface area (Å²) in [6.45, 7) is 4.04. The number of rotatable bonds is 4. The zero-order chi connectivity index (χ0) is 14.8. The lowest BCUT2D eigenvalue weighted by molar-refractivity contribution is -0.150. The molecule has 1 fully saturated rings. The van der Waals surface area contributed by atoms with E-state index in [1.54, 1.807) is 13.8 Å². The van der Waals surface area contributed by atoms with Crippen LogP contribution in [-0.2, 0) is 19.4 Å². The van der Waals surface area contributed by atoms with Gasteiger partial charge < -0.3 is 16.0 Å². The maximum Gasteiger partial charge on any atom is 0.245 e. The van der Waals surface area contributed by atoms with Crippen LogP contribution in [0.1, 0.15) is 20.3 Å². The van der Waals surface area contributed by atoms with Crippen molar-refractivity contribution in [3.05, 3.63) is 0 Å². The lowest BCUT2D eigenvalue weighted by Gasteiger charge is -2.42. The van der Waals surface area contributed by atoms with Crippen LogP contribution in [0.15, 0.2) is 0 Å². The summed E-state index contributed by atoms with van der Waals surface area (Å²) in [5.74, 6) is -0.758. The molecule has 1 unspecified atom stereocenters. The summed E-state index contributed by atoms with van der Waals surface area (Å²) in [6, 6.07) is -0.903. The molecule has 1 aliphatic heterocycles. The number of carbonyl (C=O) groups is 2. The Morgan fingerprint density at radius 1 is 1.53 bits per heavy atom. The summed E-state index contributed by atoms with van der Waals surface area (Å²) in [5.41, 5.74) is 4.77. The quantitative estimate of drug-likeness (QED) is 0.654. The van der Waals surface area contributed by atoms with E-state index in [0.29, 0.717) is 13.1 Å². The van der Waals surface area contributed by atoms with Crippen molar-refractivity contribution < 1.29 is 18.0 Å². The molecule has 0 aliphatic carbocycles. The molecule has 1 saturated heterocycles. The Labute approximate surface area is 113 Å². The minimum Gasteiger partial charge on any atom is -0.352 e. The van der Waals surface area contributed by atoms with Gasteiger partial charge in [-0.3, -0.25) is 9.59 Å². The van der Waals surface area contributed by atoms with E-state index in [2.05, 4.69) is 5.32 Å². The molecule has 1 aliphatic rings. The monoisotopic (exact) mass is 291 g/mol. The van der Waals surface area contributed by atoms with Gasteiger partial charge in [0.25, 0.3) is 0 Å². The van der Waals surface area contributed by atoms with Crippen molar-refractivity contribution in [1.29, 1.82) is 0 Å². The van der Waals surface area contributed by atoms with Crippen LogP contribution >= 0.6 is 0 Å². The van der Waals surface area contributed by atoms with Crippen LogP contribution in [0.3, 0.4) is 0 Å². The van der Waals surface area contributed by atoms with Crippen LogP contribution in [0.4, 0.5) is 0 Å². The van der Waals surface area contributed by atoms with Gasteiger partial charge in [0.2, 0.25) is 11.8 Å². The van der Waals surface area contributed by atoms with Crippen molar-refractivity contribution in [3.8, 4) is 0 Å². The van der Waals surface area contributed by atoms with E-state index in [1.807, 2.05) is 0 Å². The highest BCUT2D eigenvalue weighted by atomic mass is 32.2. The Morgan fingerprint density at radius 2 is 2.11 bits per heavy atom. The first kappa shape index (κ1) is 15.9. The summed E-state index contributed by atoms with van der Waals surface area (Å²) < 4.78 is 22.1. The van der Waals surface area contributed by atoms with Crippen LogP contribution in [0.5, 0.6) is 0 Å². The summed E-state index contributed by atoms with van der Waals surface area (Å²) in [4.78, 5) is 25.3. The zero-order valence-corrected chi connectivity index (χ0v) is 12.3. The first-order valence-electron chi connectivity index (χ1n) is 6.09. The maximum absolute atomic E-state index is 12.2. The number of nitrogens with zero attached hydrogens (tertiary/aromatic N) is 1. The van der Waals surface area contributed by atoms with E-state index in [9.17, 15) is 18.0 Å². The number of carbonyl (C=O) groups excluding carboxylic acids is 2. The summed E-state index contributed by atoms with van der Waals surface area (Å²) in [6.07, 6.45) is 1.16. The Balaban J connectivity index is 2.73. The molecular formula is C11H21N3O4S. The number of nitrogens with one attached hydrogen (secondary N) is 1. The number of hydrogen-bond acceptors (Lipinski definition) is 5. The fraction of sp³-hybridized carbons (Fsp3) is 0.818. The molecule has 0 bridgehead atoms. The average Bonchev–Trinajstić information content (AvgIpc) is 2.27. The third kappa shape index (κ3) is 3.90. The van der Waals surface area contributed by atoms with Crippen molar-refractivity contribution >= 4 is 21.7 Å². The van der Waals surface area contributed by atoms with E-state index < -0.39 is 21.4 Å². The van der Waals surface area contributed by atoms with E-state index in [-0.39, 0.29) is 24.0 Å². The molecule has 0 aromatic heterocycles. The van der Waals surface area contributed by atoms with E-state index >= 15 is 0 Å². The molecule has 110 valence electrons. The molecule has 0 radical (unpaired) electrons. The van der Waals surface area contributed by atoms with Crippen molar-refractivity contribution in [2.75, 3.05) is 25.1 Å². The van der Waals surface area contributed by atoms with Gasteiger partial charge in [0, 0.05) is 19.3 Å². The lowest BCUT2D eigenvalue weighted by Crippen LogP contribution is -2.65. The molecule has 19 heavy (non-hydrogen) atoms. The second-order valence-electron chi connectivity index (χ2n) is 5.33. The van der Waals surface area contributed by atoms with Crippen molar-refractivity contribution in [2.24, 2.45) is 5.73 Å². The third-order valence-electron chi connectivity index (χ3n) is 3.23. The first-order valence-corrected chi connectivity index (χ1v) is 8.15. The lowest BCUT2D eigenvalue weighted by atomic mass is 9.97. The standard InChI is InChI=1S/C11H21N3O4S/c1-11(2)10(16)13-5-6-14(11)9(15)8(12)4-7-19(3,17)18/h8H,4-7,12H2,1-3H3,(H,13,16). The topological polar surface area (TPSA) is 110 Å². The third-order valence-corrected chi connectivity index (χ3v) is 4.21. The number of piperazine rings is 1. The number of amides is 2. The van der Waals surface area contributed by atoms with E-state index in [4.69, 9.17) is 5.73 Å². The second-order valence-corrected chi connectivity index (χ2v) is 7.59. The van der Waals surface area contributed by atoms with Crippen LogP contribution < -0.4 is 11.1 Å². The predicted octanol–water partition coefficient (Wildman–Crippen LogP) is -1.51. The molecule has 2 amide bonds. The first-order chi connectivity index (χ1) is 8.55. The van der Waals surface area contributed by atoms with Gasteiger partial charge >= 0.3 is 0 Å². The molecule has 0 aromatic rings. The minimum absolute atomic E-state index is 0.0614. The molecule has 1 heterocycles. The molecule has 0 spiro atoms. The highest BCUT2D eigenvalue weighted by Crippen LogP contribution is 2.19. The maximum atomic E-state index is 12.2. The molecule has 8 heteroatoms. The van der Waals surface area contributed by atoms with Gasteiger partial charge in [-0.05, 0) is 20.3 Å². The van der Waals surface area contributed by atoms with Crippen LogP contribution in [-0.4, -0.2) is 61.8 Å². The highest BCUT2D eigenvalue weighted by Gasteiger charge is 2.41. The number of nitrogens with two attached hydrogens (primary N) is 1. The van der Waals surface area contributed by atoms with Gasteiger partial charge in [-0.25, -0.2) is 8.42 Å². The Morgan fingerprint density at radius 3 is 2.63 bits per heavy atom. The van der Waals surface area contributed by atoms with Gasteiger partial charge in [-0.1, -0.05) is 0 Å². The normalized spacial score (nSPS) is 20.8. The van der Waals surface area contributed by atoms with Crippen molar-refractivity contribution in [2.45, 2.75) is 31.8 Å². The van der Waals surface area contributed by atoms with Crippen LogP contribution in [0.25, 0.3) is 0 Å². The molecular weight excluding hydrogens is 270 g/mol. The Kier molecular flexibility index (Phi) is 4.57. The van der Waals surface area contributed by atoms with Gasteiger partial charge in [0.05, 0.1) is 11.8 Å². The minimum atomic E-state index is -3.15. The number of sulfone groups is 1. The molecule has 1 rings (SSSR count). The van der Waals surface area contributed by atoms with Crippen molar-refractivity contribution in [1.82, 2.24) is 10.2 Å². The fourth-order valence-corrected chi connectivity index (χ4v) is 2.63.